The molecule has 0 aliphatic carbocycles. The number of benzene rings is 1. The molecule has 2 aliphatic heterocycles. The van der Waals surface area contributed by atoms with Crippen LogP contribution in [0.25, 0.3) is 0 Å². The zero-order valence-electron chi connectivity index (χ0n) is 16.4. The van der Waals surface area contributed by atoms with Gasteiger partial charge in [-0.1, -0.05) is 18.2 Å². The summed E-state index contributed by atoms with van der Waals surface area (Å²) in [6.45, 7) is 4.69. The maximum Gasteiger partial charge on any atom is 0.281 e. The Bertz CT molecular complexity index is 807. The van der Waals surface area contributed by atoms with Gasteiger partial charge in [0, 0.05) is 39.2 Å². The lowest BCUT2D eigenvalue weighted by atomic mass is 9.89. The summed E-state index contributed by atoms with van der Waals surface area (Å²) in [7, 11) is -0.472. The molecule has 8 heteroatoms. The van der Waals surface area contributed by atoms with Gasteiger partial charge in [-0.15, -0.1) is 0 Å². The van der Waals surface area contributed by atoms with E-state index in [1.54, 1.807) is 0 Å². The smallest absolute Gasteiger partial charge is 0.281 e. The minimum absolute atomic E-state index is 0.0915. The van der Waals surface area contributed by atoms with Gasteiger partial charge in [0.25, 0.3) is 10.2 Å². The van der Waals surface area contributed by atoms with E-state index in [1.807, 2.05) is 38.1 Å². The molecule has 2 heterocycles. The van der Waals surface area contributed by atoms with E-state index in [0.717, 1.165) is 11.3 Å². The van der Waals surface area contributed by atoms with Crippen molar-refractivity contribution in [3.8, 4) is 5.75 Å². The largest absolute Gasteiger partial charge is 0.487 e. The van der Waals surface area contributed by atoms with Crippen molar-refractivity contribution in [3.05, 3.63) is 29.8 Å². The van der Waals surface area contributed by atoms with Crippen LogP contribution in [0.5, 0.6) is 5.75 Å². The van der Waals surface area contributed by atoms with E-state index < -0.39 is 10.2 Å². The summed E-state index contributed by atoms with van der Waals surface area (Å²) >= 11 is 0. The van der Waals surface area contributed by atoms with Gasteiger partial charge >= 0.3 is 0 Å². The SMILES string of the molecule is CN(C)S(=O)(=O)N1CCC[C@H](C(=O)N[C@@H]2CC(C)(C)Oc3ccccc32)C1. The molecular weight excluding hydrogens is 366 g/mol. The van der Waals surface area contributed by atoms with Crippen molar-refractivity contribution >= 4 is 16.1 Å². The first-order chi connectivity index (χ1) is 12.6. The highest BCUT2D eigenvalue weighted by molar-refractivity contribution is 7.86. The number of ether oxygens (including phenoxy) is 1. The average Bonchev–Trinajstić information content (AvgIpc) is 2.60. The zero-order valence-corrected chi connectivity index (χ0v) is 17.3. The first kappa shape index (κ1) is 20.1. The minimum Gasteiger partial charge on any atom is -0.487 e. The molecule has 0 radical (unpaired) electrons. The summed E-state index contributed by atoms with van der Waals surface area (Å²) in [6, 6.07) is 7.61. The van der Waals surface area contributed by atoms with Crippen molar-refractivity contribution < 1.29 is 17.9 Å². The number of nitrogens with one attached hydrogen (secondary N) is 1. The fourth-order valence-corrected chi connectivity index (χ4v) is 5.01. The number of rotatable bonds is 4. The zero-order chi connectivity index (χ0) is 19.8. The Labute approximate surface area is 161 Å². The Morgan fingerprint density at radius 3 is 2.70 bits per heavy atom. The molecule has 1 fully saturated rings. The van der Waals surface area contributed by atoms with E-state index in [1.165, 1.54) is 22.7 Å². The molecule has 2 aliphatic rings. The summed E-state index contributed by atoms with van der Waals surface area (Å²) in [5.74, 6) is 0.359. The molecule has 150 valence electrons. The molecule has 1 aromatic rings. The van der Waals surface area contributed by atoms with Crippen molar-refractivity contribution in [2.45, 2.75) is 44.8 Å². The number of fused-ring (bicyclic) bond motifs is 1. The Morgan fingerprint density at radius 1 is 1.30 bits per heavy atom. The topological polar surface area (TPSA) is 79.0 Å². The summed E-state index contributed by atoms with van der Waals surface area (Å²) in [4.78, 5) is 12.9. The molecule has 3 rings (SSSR count). The third kappa shape index (κ3) is 4.28. The van der Waals surface area contributed by atoms with Gasteiger partial charge in [-0.05, 0) is 32.8 Å². The second kappa shape index (κ2) is 7.41. The monoisotopic (exact) mass is 395 g/mol. The van der Waals surface area contributed by atoms with Gasteiger partial charge in [0.1, 0.15) is 11.4 Å². The van der Waals surface area contributed by atoms with Crippen LogP contribution in [0.4, 0.5) is 0 Å². The van der Waals surface area contributed by atoms with E-state index >= 15 is 0 Å². The van der Waals surface area contributed by atoms with Crippen LogP contribution in [-0.2, 0) is 15.0 Å². The van der Waals surface area contributed by atoms with E-state index in [2.05, 4.69) is 5.32 Å². The van der Waals surface area contributed by atoms with E-state index in [4.69, 9.17) is 4.74 Å². The number of nitrogens with zero attached hydrogens (tertiary/aromatic N) is 2. The second-order valence-corrected chi connectivity index (χ2v) is 10.3. The van der Waals surface area contributed by atoms with Crippen LogP contribution >= 0.6 is 0 Å². The fraction of sp³-hybridized carbons (Fsp3) is 0.632. The van der Waals surface area contributed by atoms with Crippen LogP contribution in [0.15, 0.2) is 24.3 Å². The number of hydrogen-bond donors (Lipinski definition) is 1. The molecule has 1 saturated heterocycles. The molecule has 7 nitrogen and oxygen atoms in total. The average molecular weight is 396 g/mol. The number of piperidine rings is 1. The van der Waals surface area contributed by atoms with Gasteiger partial charge in [-0.25, -0.2) is 0 Å². The van der Waals surface area contributed by atoms with E-state index in [9.17, 15) is 13.2 Å². The number of hydrogen-bond acceptors (Lipinski definition) is 4. The normalized spacial score (nSPS) is 25.5. The first-order valence-electron chi connectivity index (χ1n) is 9.36. The molecule has 0 bridgehead atoms. The van der Waals surface area contributed by atoms with Crippen LogP contribution in [0.1, 0.15) is 44.7 Å². The van der Waals surface area contributed by atoms with Crippen molar-refractivity contribution in [1.29, 1.82) is 0 Å². The summed E-state index contributed by atoms with van der Waals surface area (Å²) in [5.41, 5.74) is 0.595. The first-order valence-corrected chi connectivity index (χ1v) is 10.8. The summed E-state index contributed by atoms with van der Waals surface area (Å²) < 4.78 is 33.4. The Hall–Kier alpha value is -1.64. The maximum atomic E-state index is 12.9. The highest BCUT2D eigenvalue weighted by Crippen LogP contribution is 2.39. The molecule has 0 spiro atoms. The number of amides is 1. The minimum atomic E-state index is -3.50. The van der Waals surface area contributed by atoms with Crippen LogP contribution in [0.2, 0.25) is 0 Å². The molecule has 2 atom stereocenters. The number of para-hydroxylation sites is 1. The standard InChI is InChI=1S/C19H29N3O4S/c1-19(2)12-16(15-9-5-6-10-17(15)26-19)20-18(23)14-8-7-11-22(13-14)27(24,25)21(3)4/h5-6,9-10,14,16H,7-8,11-13H2,1-4H3,(H,20,23)/t14-,16+/m0/s1. The Balaban J connectivity index is 1.74. The summed E-state index contributed by atoms with van der Waals surface area (Å²) in [5, 5.41) is 3.15. The predicted molar refractivity (Wildman–Crippen MR) is 104 cm³/mol. The summed E-state index contributed by atoms with van der Waals surface area (Å²) in [6.07, 6.45) is 2.04. The number of carbonyl (C=O) groups is 1. The van der Waals surface area contributed by atoms with E-state index in [0.29, 0.717) is 25.8 Å². The van der Waals surface area contributed by atoms with Crippen LogP contribution < -0.4 is 10.1 Å². The maximum absolute atomic E-state index is 12.9. The molecule has 1 N–H and O–H groups in total. The van der Waals surface area contributed by atoms with Crippen molar-refractivity contribution in [3.63, 3.8) is 0 Å². The molecule has 0 saturated carbocycles. The second-order valence-electron chi connectivity index (χ2n) is 8.15. The van der Waals surface area contributed by atoms with Gasteiger partial charge in [0.15, 0.2) is 0 Å². The molecule has 27 heavy (non-hydrogen) atoms. The fourth-order valence-electron chi connectivity index (χ4n) is 3.82. The molecule has 1 amide bonds. The third-order valence-electron chi connectivity index (χ3n) is 5.24. The Morgan fingerprint density at radius 2 is 2.00 bits per heavy atom. The van der Waals surface area contributed by atoms with Gasteiger partial charge in [-0.2, -0.15) is 17.0 Å². The van der Waals surface area contributed by atoms with Crippen LogP contribution in [-0.4, -0.2) is 55.7 Å². The van der Waals surface area contributed by atoms with Crippen molar-refractivity contribution in [2.24, 2.45) is 5.92 Å². The van der Waals surface area contributed by atoms with Crippen molar-refractivity contribution in [1.82, 2.24) is 13.9 Å². The molecule has 0 unspecified atom stereocenters. The van der Waals surface area contributed by atoms with Crippen LogP contribution in [0, 0.1) is 5.92 Å². The lowest BCUT2D eigenvalue weighted by molar-refractivity contribution is -0.127. The van der Waals surface area contributed by atoms with Crippen LogP contribution in [0.3, 0.4) is 0 Å². The number of carbonyl (C=O) groups excluding carboxylic acids is 1. The van der Waals surface area contributed by atoms with Crippen molar-refractivity contribution in [2.75, 3.05) is 27.2 Å². The quantitative estimate of drug-likeness (QED) is 0.845. The molecule has 0 aromatic heterocycles. The van der Waals surface area contributed by atoms with Gasteiger partial charge in [-0.3, -0.25) is 4.79 Å². The van der Waals surface area contributed by atoms with Gasteiger partial charge in [0.05, 0.1) is 12.0 Å². The molecule has 1 aromatic carbocycles. The van der Waals surface area contributed by atoms with Gasteiger partial charge in [0.2, 0.25) is 5.91 Å². The van der Waals surface area contributed by atoms with E-state index in [-0.39, 0.29) is 30.0 Å². The lowest BCUT2D eigenvalue weighted by Gasteiger charge is -2.39. The Kier molecular flexibility index (Phi) is 5.52. The highest BCUT2D eigenvalue weighted by Gasteiger charge is 2.37. The third-order valence-corrected chi connectivity index (χ3v) is 7.14. The molecular formula is C19H29N3O4S. The highest BCUT2D eigenvalue weighted by atomic mass is 32.2. The van der Waals surface area contributed by atoms with Gasteiger partial charge < -0.3 is 10.1 Å². The predicted octanol–water partition coefficient (Wildman–Crippen LogP) is 1.92. The lowest BCUT2D eigenvalue weighted by Crippen LogP contribution is -2.50.